The largest absolute Gasteiger partial charge is 0.382 e. The summed E-state index contributed by atoms with van der Waals surface area (Å²) in [5.74, 6) is 0.0190. The second-order valence-corrected chi connectivity index (χ2v) is 3.94. The molecule has 17 heavy (non-hydrogen) atoms. The van der Waals surface area contributed by atoms with Crippen LogP contribution in [0, 0.1) is 0 Å². The molecule has 1 aliphatic rings. The van der Waals surface area contributed by atoms with Gasteiger partial charge in [0.15, 0.2) is 0 Å². The predicted molar refractivity (Wildman–Crippen MR) is 62.9 cm³/mol. The topological polar surface area (TPSA) is 60.0 Å². The van der Waals surface area contributed by atoms with E-state index in [1.165, 1.54) is 0 Å². The first-order chi connectivity index (χ1) is 8.27. The maximum absolute atomic E-state index is 11.8. The van der Waals surface area contributed by atoms with E-state index in [4.69, 9.17) is 14.2 Å². The van der Waals surface area contributed by atoms with E-state index in [1.54, 1.807) is 12.0 Å². The Morgan fingerprint density at radius 3 is 3.06 bits per heavy atom. The molecular weight excluding hydrogens is 224 g/mol. The molecule has 0 aromatic heterocycles. The van der Waals surface area contributed by atoms with Crippen molar-refractivity contribution in [1.82, 2.24) is 10.2 Å². The van der Waals surface area contributed by atoms with Crippen LogP contribution in [0.15, 0.2) is 0 Å². The number of carbonyl (C=O) groups excluding carboxylic acids is 1. The number of hydrogen-bond donors (Lipinski definition) is 1. The van der Waals surface area contributed by atoms with Crippen LogP contribution in [0.2, 0.25) is 0 Å². The van der Waals surface area contributed by atoms with Crippen LogP contribution in [-0.4, -0.2) is 77.1 Å². The highest BCUT2D eigenvalue weighted by Crippen LogP contribution is 2.04. The molecule has 1 saturated heterocycles. The van der Waals surface area contributed by atoms with Crippen molar-refractivity contribution in [3.8, 4) is 0 Å². The van der Waals surface area contributed by atoms with E-state index in [0.717, 1.165) is 6.54 Å². The van der Waals surface area contributed by atoms with Gasteiger partial charge in [0.25, 0.3) is 0 Å². The number of morpholine rings is 1. The first-order valence-corrected chi connectivity index (χ1v) is 5.88. The molecule has 0 aliphatic carbocycles. The summed E-state index contributed by atoms with van der Waals surface area (Å²) in [5.41, 5.74) is 0. The third kappa shape index (κ3) is 5.45. The molecule has 1 aliphatic heterocycles. The summed E-state index contributed by atoms with van der Waals surface area (Å²) in [6.45, 7) is 3.71. The molecule has 0 radical (unpaired) electrons. The van der Waals surface area contributed by atoms with Crippen LogP contribution in [0.3, 0.4) is 0 Å². The van der Waals surface area contributed by atoms with Crippen LogP contribution in [-0.2, 0) is 19.0 Å². The van der Waals surface area contributed by atoms with Crippen LogP contribution >= 0.6 is 0 Å². The van der Waals surface area contributed by atoms with Crippen molar-refractivity contribution in [2.75, 3.05) is 60.2 Å². The van der Waals surface area contributed by atoms with Gasteiger partial charge in [0.2, 0.25) is 5.91 Å². The van der Waals surface area contributed by atoms with E-state index in [9.17, 15) is 4.79 Å². The van der Waals surface area contributed by atoms with Gasteiger partial charge in [-0.25, -0.2) is 0 Å². The molecule has 1 atom stereocenters. The van der Waals surface area contributed by atoms with Crippen LogP contribution in [0.25, 0.3) is 0 Å². The SMILES string of the molecule is CNCC1CN(C(=O)COCCOC)CCO1. The normalized spacial score (nSPS) is 20.6. The van der Waals surface area contributed by atoms with Crippen molar-refractivity contribution in [3.05, 3.63) is 0 Å². The van der Waals surface area contributed by atoms with E-state index in [1.807, 2.05) is 7.05 Å². The van der Waals surface area contributed by atoms with Crippen molar-refractivity contribution >= 4 is 5.91 Å². The number of carbonyl (C=O) groups is 1. The molecule has 0 aromatic carbocycles. The molecule has 1 amide bonds. The molecule has 1 fully saturated rings. The Balaban J connectivity index is 2.21. The zero-order valence-electron chi connectivity index (χ0n) is 10.6. The number of ether oxygens (including phenoxy) is 3. The van der Waals surface area contributed by atoms with E-state index >= 15 is 0 Å². The Hall–Kier alpha value is -0.690. The smallest absolute Gasteiger partial charge is 0.248 e. The number of hydrogen-bond acceptors (Lipinski definition) is 5. The first-order valence-electron chi connectivity index (χ1n) is 5.88. The molecule has 1 rings (SSSR count). The molecule has 1 N–H and O–H groups in total. The highest BCUT2D eigenvalue weighted by Gasteiger charge is 2.23. The Kier molecular flexibility index (Phi) is 7.11. The van der Waals surface area contributed by atoms with Gasteiger partial charge in [-0.15, -0.1) is 0 Å². The number of amides is 1. The first kappa shape index (κ1) is 14.4. The van der Waals surface area contributed by atoms with Crippen LogP contribution in [0.1, 0.15) is 0 Å². The van der Waals surface area contributed by atoms with Crippen molar-refractivity contribution < 1.29 is 19.0 Å². The third-order valence-corrected chi connectivity index (χ3v) is 2.58. The lowest BCUT2D eigenvalue weighted by Gasteiger charge is -2.32. The standard InChI is InChI=1S/C11H22N2O4/c1-12-7-10-8-13(3-4-17-10)11(14)9-16-6-5-15-2/h10,12H,3-9H2,1-2H3. The Bertz CT molecular complexity index is 224. The van der Waals surface area contributed by atoms with E-state index in [0.29, 0.717) is 32.9 Å². The van der Waals surface area contributed by atoms with Gasteiger partial charge < -0.3 is 24.4 Å². The summed E-state index contributed by atoms with van der Waals surface area (Å²) in [7, 11) is 3.48. The van der Waals surface area contributed by atoms with Gasteiger partial charge in [0.1, 0.15) is 6.61 Å². The number of nitrogens with zero attached hydrogens (tertiary/aromatic N) is 1. The van der Waals surface area contributed by atoms with Crippen molar-refractivity contribution in [1.29, 1.82) is 0 Å². The summed E-state index contributed by atoms with van der Waals surface area (Å²) in [4.78, 5) is 13.6. The zero-order valence-corrected chi connectivity index (χ0v) is 10.6. The molecule has 0 saturated carbocycles. The maximum atomic E-state index is 11.8. The van der Waals surface area contributed by atoms with Gasteiger partial charge in [-0.2, -0.15) is 0 Å². The van der Waals surface area contributed by atoms with Crippen LogP contribution in [0.4, 0.5) is 0 Å². The predicted octanol–water partition coefficient (Wildman–Crippen LogP) is -0.904. The fourth-order valence-corrected chi connectivity index (χ4v) is 1.69. The molecule has 0 aromatic rings. The fourth-order valence-electron chi connectivity index (χ4n) is 1.69. The molecule has 100 valence electrons. The van der Waals surface area contributed by atoms with E-state index < -0.39 is 0 Å². The quantitative estimate of drug-likeness (QED) is 0.590. The highest BCUT2D eigenvalue weighted by atomic mass is 16.5. The van der Waals surface area contributed by atoms with Crippen molar-refractivity contribution in [2.45, 2.75) is 6.10 Å². The molecule has 6 heteroatoms. The van der Waals surface area contributed by atoms with Crippen molar-refractivity contribution in [3.63, 3.8) is 0 Å². The third-order valence-electron chi connectivity index (χ3n) is 2.58. The molecule has 6 nitrogen and oxygen atoms in total. The minimum absolute atomic E-state index is 0.0190. The minimum atomic E-state index is 0.0190. The Morgan fingerprint density at radius 1 is 1.53 bits per heavy atom. The molecule has 1 unspecified atom stereocenters. The summed E-state index contributed by atoms with van der Waals surface area (Å²) < 4.78 is 15.6. The van der Waals surface area contributed by atoms with Crippen LogP contribution in [0.5, 0.6) is 0 Å². The maximum Gasteiger partial charge on any atom is 0.248 e. The lowest BCUT2D eigenvalue weighted by Crippen LogP contribution is -2.49. The summed E-state index contributed by atoms with van der Waals surface area (Å²) in [6.07, 6.45) is 0.0803. The van der Waals surface area contributed by atoms with Gasteiger partial charge in [0.05, 0.1) is 25.9 Å². The van der Waals surface area contributed by atoms with E-state index in [-0.39, 0.29) is 18.6 Å². The van der Waals surface area contributed by atoms with Gasteiger partial charge in [-0.3, -0.25) is 4.79 Å². The molecule has 0 spiro atoms. The summed E-state index contributed by atoms with van der Waals surface area (Å²) in [6, 6.07) is 0. The highest BCUT2D eigenvalue weighted by molar-refractivity contribution is 5.77. The monoisotopic (exact) mass is 246 g/mol. The zero-order chi connectivity index (χ0) is 12.5. The minimum Gasteiger partial charge on any atom is -0.382 e. The Morgan fingerprint density at radius 2 is 2.35 bits per heavy atom. The lowest BCUT2D eigenvalue weighted by atomic mass is 10.2. The molecule has 1 heterocycles. The lowest BCUT2D eigenvalue weighted by molar-refractivity contribution is -0.143. The van der Waals surface area contributed by atoms with E-state index in [2.05, 4.69) is 5.32 Å². The number of likely N-dealkylation sites (N-methyl/N-ethyl adjacent to an activating group) is 1. The van der Waals surface area contributed by atoms with Crippen LogP contribution < -0.4 is 5.32 Å². The Labute approximate surface area is 102 Å². The second-order valence-electron chi connectivity index (χ2n) is 3.94. The average Bonchev–Trinajstić information content (AvgIpc) is 2.35. The summed E-state index contributed by atoms with van der Waals surface area (Å²) >= 11 is 0. The number of nitrogens with one attached hydrogen (secondary N) is 1. The van der Waals surface area contributed by atoms with Gasteiger partial charge in [-0.05, 0) is 7.05 Å². The number of rotatable bonds is 7. The van der Waals surface area contributed by atoms with Gasteiger partial charge >= 0.3 is 0 Å². The number of methoxy groups -OCH3 is 1. The molecular formula is C11H22N2O4. The van der Waals surface area contributed by atoms with Gasteiger partial charge in [0, 0.05) is 26.7 Å². The van der Waals surface area contributed by atoms with Gasteiger partial charge in [-0.1, -0.05) is 0 Å². The average molecular weight is 246 g/mol. The summed E-state index contributed by atoms with van der Waals surface area (Å²) in [5, 5.41) is 3.05. The second kappa shape index (κ2) is 8.41. The fraction of sp³-hybridized carbons (Fsp3) is 0.909. The van der Waals surface area contributed by atoms with Crippen molar-refractivity contribution in [2.24, 2.45) is 0 Å². The molecule has 0 bridgehead atoms.